The maximum atomic E-state index is 11.3. The molecule has 0 aliphatic heterocycles. The summed E-state index contributed by atoms with van der Waals surface area (Å²) in [6.07, 6.45) is 0.770. The topological polar surface area (TPSA) is 67.4 Å². The van der Waals surface area contributed by atoms with Crippen molar-refractivity contribution in [1.82, 2.24) is 10.8 Å². The molecular formula is C14H20N2O3. The van der Waals surface area contributed by atoms with Crippen LogP contribution in [0.4, 0.5) is 0 Å². The molecule has 0 aromatic heterocycles. The minimum absolute atomic E-state index is 0.116. The number of amides is 1. The fourth-order valence-corrected chi connectivity index (χ4v) is 1.37. The number of carbonyl (C=O) groups is 2. The predicted molar refractivity (Wildman–Crippen MR) is 72.1 cm³/mol. The lowest BCUT2D eigenvalue weighted by molar-refractivity contribution is -0.151. The van der Waals surface area contributed by atoms with Gasteiger partial charge >= 0.3 is 5.97 Å². The number of hydrogen-bond donors (Lipinski definition) is 2. The van der Waals surface area contributed by atoms with Crippen LogP contribution in [0.5, 0.6) is 0 Å². The molecule has 5 nitrogen and oxygen atoms in total. The van der Waals surface area contributed by atoms with E-state index in [1.54, 1.807) is 13.8 Å². The van der Waals surface area contributed by atoms with Crippen LogP contribution in [0, 0.1) is 5.92 Å². The monoisotopic (exact) mass is 264 g/mol. The molecule has 0 bridgehead atoms. The van der Waals surface area contributed by atoms with E-state index in [0.717, 1.165) is 6.42 Å². The van der Waals surface area contributed by atoms with E-state index in [1.165, 1.54) is 5.56 Å². The molecule has 0 atom stereocenters. The molecule has 1 aromatic carbocycles. The Balaban J connectivity index is 2.09. The third-order valence-corrected chi connectivity index (χ3v) is 2.48. The Hall–Kier alpha value is -1.88. The predicted octanol–water partition coefficient (Wildman–Crippen LogP) is 1.05. The molecule has 104 valence electrons. The van der Waals surface area contributed by atoms with Crippen molar-refractivity contribution < 1.29 is 14.4 Å². The molecule has 0 unspecified atom stereocenters. The highest BCUT2D eigenvalue weighted by atomic mass is 16.7. The van der Waals surface area contributed by atoms with E-state index in [-0.39, 0.29) is 18.4 Å². The van der Waals surface area contributed by atoms with Gasteiger partial charge in [-0.15, -0.1) is 0 Å². The summed E-state index contributed by atoms with van der Waals surface area (Å²) >= 11 is 0. The van der Waals surface area contributed by atoms with Crippen molar-refractivity contribution in [2.45, 2.75) is 20.3 Å². The molecule has 5 heteroatoms. The molecule has 0 fully saturated rings. The summed E-state index contributed by atoms with van der Waals surface area (Å²) in [7, 11) is 0. The summed E-state index contributed by atoms with van der Waals surface area (Å²) in [6.45, 7) is 3.95. The second-order valence-electron chi connectivity index (χ2n) is 4.48. The summed E-state index contributed by atoms with van der Waals surface area (Å²) in [4.78, 5) is 27.3. The van der Waals surface area contributed by atoms with Crippen molar-refractivity contribution in [2.75, 3.05) is 13.1 Å². The highest BCUT2D eigenvalue weighted by molar-refractivity contribution is 5.82. The van der Waals surface area contributed by atoms with Crippen LogP contribution in [-0.4, -0.2) is 25.0 Å². The van der Waals surface area contributed by atoms with Crippen LogP contribution < -0.4 is 10.8 Å². The summed E-state index contributed by atoms with van der Waals surface area (Å²) < 4.78 is 0. The van der Waals surface area contributed by atoms with Gasteiger partial charge in [0, 0.05) is 12.5 Å². The number of benzene rings is 1. The fourth-order valence-electron chi connectivity index (χ4n) is 1.37. The van der Waals surface area contributed by atoms with Crippen molar-refractivity contribution in [3.8, 4) is 0 Å². The van der Waals surface area contributed by atoms with Gasteiger partial charge in [0.05, 0.1) is 0 Å². The van der Waals surface area contributed by atoms with Crippen molar-refractivity contribution in [1.29, 1.82) is 0 Å². The van der Waals surface area contributed by atoms with Crippen LogP contribution in [0.3, 0.4) is 0 Å². The van der Waals surface area contributed by atoms with E-state index in [1.807, 2.05) is 30.3 Å². The number of carbonyl (C=O) groups excluding carboxylic acids is 2. The minimum Gasteiger partial charge on any atom is -0.369 e. The molecule has 1 aromatic rings. The van der Waals surface area contributed by atoms with Gasteiger partial charge in [-0.1, -0.05) is 44.2 Å². The van der Waals surface area contributed by atoms with E-state index < -0.39 is 5.97 Å². The number of hydroxylamine groups is 1. The first-order valence-electron chi connectivity index (χ1n) is 6.33. The standard InChI is InChI=1S/C14H20N2O3/c1-11(2)14(18)15-10-13(17)19-16-9-8-12-6-4-3-5-7-12/h3-7,11,16H,8-10H2,1-2H3,(H,15,18). The lowest BCUT2D eigenvalue weighted by Gasteiger charge is -2.08. The summed E-state index contributed by atoms with van der Waals surface area (Å²) in [6, 6.07) is 9.89. The van der Waals surface area contributed by atoms with Crippen molar-refractivity contribution in [3.63, 3.8) is 0 Å². The van der Waals surface area contributed by atoms with Crippen molar-refractivity contribution in [2.24, 2.45) is 5.92 Å². The molecule has 0 saturated heterocycles. The average molecular weight is 264 g/mol. The second-order valence-corrected chi connectivity index (χ2v) is 4.48. The Bertz CT molecular complexity index is 404. The quantitative estimate of drug-likeness (QED) is 0.570. The zero-order valence-electron chi connectivity index (χ0n) is 11.3. The maximum absolute atomic E-state index is 11.3. The lowest BCUT2D eigenvalue weighted by Crippen LogP contribution is -2.35. The minimum atomic E-state index is -0.498. The first kappa shape index (κ1) is 15.2. The van der Waals surface area contributed by atoms with Gasteiger partial charge in [-0.05, 0) is 12.0 Å². The molecule has 0 saturated carbocycles. The molecule has 19 heavy (non-hydrogen) atoms. The number of hydrogen-bond acceptors (Lipinski definition) is 4. The molecule has 0 aliphatic rings. The van der Waals surface area contributed by atoms with E-state index in [9.17, 15) is 9.59 Å². The van der Waals surface area contributed by atoms with Crippen molar-refractivity contribution in [3.05, 3.63) is 35.9 Å². The maximum Gasteiger partial charge on any atom is 0.344 e. The summed E-state index contributed by atoms with van der Waals surface area (Å²) in [5, 5.41) is 2.49. The molecule has 2 N–H and O–H groups in total. The van der Waals surface area contributed by atoms with Gasteiger partial charge in [0.15, 0.2) is 0 Å². The summed E-state index contributed by atoms with van der Waals surface area (Å²) in [5.41, 5.74) is 3.75. The van der Waals surface area contributed by atoms with E-state index in [4.69, 9.17) is 4.84 Å². The van der Waals surface area contributed by atoms with Crippen LogP contribution in [0.15, 0.2) is 30.3 Å². The zero-order valence-corrected chi connectivity index (χ0v) is 11.3. The molecule has 0 spiro atoms. The Morgan fingerprint density at radius 3 is 2.53 bits per heavy atom. The highest BCUT2D eigenvalue weighted by Crippen LogP contribution is 1.98. The lowest BCUT2D eigenvalue weighted by atomic mass is 10.2. The molecule has 0 radical (unpaired) electrons. The average Bonchev–Trinajstić information content (AvgIpc) is 2.42. The first-order valence-corrected chi connectivity index (χ1v) is 6.33. The molecule has 1 rings (SSSR count). The molecular weight excluding hydrogens is 244 g/mol. The molecule has 1 amide bonds. The largest absolute Gasteiger partial charge is 0.369 e. The van der Waals surface area contributed by atoms with Gasteiger partial charge in [-0.2, -0.15) is 5.48 Å². The van der Waals surface area contributed by atoms with E-state index >= 15 is 0 Å². The zero-order chi connectivity index (χ0) is 14.1. The fraction of sp³-hybridized carbons (Fsp3) is 0.429. The van der Waals surface area contributed by atoms with Crippen molar-refractivity contribution >= 4 is 11.9 Å². The third kappa shape index (κ3) is 6.57. The highest BCUT2D eigenvalue weighted by Gasteiger charge is 2.09. The van der Waals surface area contributed by atoms with E-state index in [2.05, 4.69) is 10.8 Å². The Morgan fingerprint density at radius 2 is 1.89 bits per heavy atom. The second kappa shape index (κ2) is 8.26. The van der Waals surface area contributed by atoms with Gasteiger partial charge in [-0.3, -0.25) is 4.79 Å². The van der Waals surface area contributed by atoms with Crippen LogP contribution >= 0.6 is 0 Å². The van der Waals surface area contributed by atoms with E-state index in [0.29, 0.717) is 6.54 Å². The molecule has 0 heterocycles. The van der Waals surface area contributed by atoms with Gasteiger partial charge in [0.25, 0.3) is 0 Å². The van der Waals surface area contributed by atoms with Crippen LogP contribution in [0.25, 0.3) is 0 Å². The summed E-state index contributed by atoms with van der Waals surface area (Å²) in [5.74, 6) is -0.804. The Kier molecular flexibility index (Phi) is 6.60. The first-order chi connectivity index (χ1) is 9.09. The normalized spacial score (nSPS) is 10.3. The SMILES string of the molecule is CC(C)C(=O)NCC(=O)ONCCc1ccccc1. The Labute approximate surface area is 113 Å². The third-order valence-electron chi connectivity index (χ3n) is 2.48. The van der Waals surface area contributed by atoms with Crippen LogP contribution in [0.1, 0.15) is 19.4 Å². The molecule has 0 aliphatic carbocycles. The van der Waals surface area contributed by atoms with Gasteiger partial charge < -0.3 is 10.2 Å². The number of nitrogens with one attached hydrogen (secondary N) is 2. The van der Waals surface area contributed by atoms with Crippen LogP contribution in [-0.2, 0) is 20.8 Å². The van der Waals surface area contributed by atoms with Gasteiger partial charge in [-0.25, -0.2) is 4.79 Å². The smallest absolute Gasteiger partial charge is 0.344 e. The van der Waals surface area contributed by atoms with Gasteiger partial charge in [0.2, 0.25) is 5.91 Å². The number of rotatable bonds is 7. The van der Waals surface area contributed by atoms with Crippen LogP contribution in [0.2, 0.25) is 0 Å². The van der Waals surface area contributed by atoms with Gasteiger partial charge in [0.1, 0.15) is 6.54 Å². The Morgan fingerprint density at radius 1 is 1.21 bits per heavy atom.